The van der Waals surface area contributed by atoms with E-state index in [1.54, 1.807) is 6.07 Å². The molecule has 0 aromatic heterocycles. The number of esters is 1. The predicted molar refractivity (Wildman–Crippen MR) is 83.2 cm³/mol. The van der Waals surface area contributed by atoms with E-state index in [0.717, 1.165) is 0 Å². The molecule has 22 heavy (non-hydrogen) atoms. The van der Waals surface area contributed by atoms with Crippen molar-refractivity contribution >= 4 is 40.8 Å². The number of carbonyl (C=O) groups is 1. The first-order valence-corrected chi connectivity index (χ1v) is 7.27. The largest absolute Gasteiger partial charge is 0.480 e. The lowest BCUT2D eigenvalue weighted by molar-refractivity contribution is -0.147. The topological polar surface area (TPSA) is 35.5 Å². The van der Waals surface area contributed by atoms with Crippen LogP contribution < -0.4 is 4.74 Å². The quantitative estimate of drug-likeness (QED) is 0.708. The SMILES string of the molecule is O=C(COc1ccc(Cl)cc1Cl)OCc1c(F)cccc1Cl. The van der Waals surface area contributed by atoms with Crippen molar-refractivity contribution in [3.63, 3.8) is 0 Å². The van der Waals surface area contributed by atoms with Gasteiger partial charge in [0, 0.05) is 10.6 Å². The summed E-state index contributed by atoms with van der Waals surface area (Å²) in [7, 11) is 0. The summed E-state index contributed by atoms with van der Waals surface area (Å²) in [6.07, 6.45) is 0. The second-order valence-corrected chi connectivity index (χ2v) is 5.48. The molecule has 0 aliphatic carbocycles. The maximum atomic E-state index is 13.5. The van der Waals surface area contributed by atoms with Gasteiger partial charge in [0.05, 0.1) is 10.0 Å². The Balaban J connectivity index is 1.88. The fourth-order valence-electron chi connectivity index (χ4n) is 1.59. The van der Waals surface area contributed by atoms with E-state index in [2.05, 4.69) is 0 Å². The Hall–Kier alpha value is -1.49. The number of carbonyl (C=O) groups excluding carboxylic acids is 1. The molecule has 0 fully saturated rings. The standard InChI is InChI=1S/C15H10Cl3FO3/c16-9-4-5-14(12(18)6-9)21-8-15(20)22-7-10-11(17)2-1-3-13(10)19/h1-6H,7-8H2. The summed E-state index contributed by atoms with van der Waals surface area (Å²) in [5.41, 5.74) is 0.113. The first kappa shape index (κ1) is 16.9. The van der Waals surface area contributed by atoms with E-state index in [9.17, 15) is 9.18 Å². The van der Waals surface area contributed by atoms with Gasteiger partial charge in [0.2, 0.25) is 0 Å². The summed E-state index contributed by atoms with van der Waals surface area (Å²) in [4.78, 5) is 11.6. The lowest BCUT2D eigenvalue weighted by Gasteiger charge is -2.09. The molecule has 2 aromatic rings. The summed E-state index contributed by atoms with van der Waals surface area (Å²) in [6, 6.07) is 8.81. The van der Waals surface area contributed by atoms with Crippen LogP contribution in [0.4, 0.5) is 4.39 Å². The number of ether oxygens (including phenoxy) is 2. The molecule has 0 spiro atoms. The summed E-state index contributed by atoms with van der Waals surface area (Å²) >= 11 is 17.5. The summed E-state index contributed by atoms with van der Waals surface area (Å²) in [5.74, 6) is -0.917. The second kappa shape index (κ2) is 7.68. The molecule has 3 nitrogen and oxygen atoms in total. The van der Waals surface area contributed by atoms with Crippen molar-refractivity contribution in [2.24, 2.45) is 0 Å². The van der Waals surface area contributed by atoms with Gasteiger partial charge < -0.3 is 9.47 Å². The monoisotopic (exact) mass is 362 g/mol. The predicted octanol–water partition coefficient (Wildman–Crippen LogP) is 4.91. The third-order valence-corrected chi connectivity index (χ3v) is 3.56. The van der Waals surface area contributed by atoms with Crippen LogP contribution in [0.1, 0.15) is 5.56 Å². The van der Waals surface area contributed by atoms with Crippen molar-refractivity contribution in [3.8, 4) is 5.75 Å². The zero-order valence-electron chi connectivity index (χ0n) is 11.1. The molecular formula is C15H10Cl3FO3. The van der Waals surface area contributed by atoms with Crippen LogP contribution in [0, 0.1) is 5.82 Å². The molecular weight excluding hydrogens is 354 g/mol. The lowest BCUT2D eigenvalue weighted by Crippen LogP contribution is -2.15. The van der Waals surface area contributed by atoms with Gasteiger partial charge in [-0.2, -0.15) is 0 Å². The Morgan fingerprint density at radius 1 is 1.09 bits per heavy atom. The van der Waals surface area contributed by atoms with Crippen LogP contribution in [-0.4, -0.2) is 12.6 Å². The summed E-state index contributed by atoms with van der Waals surface area (Å²) in [6.45, 7) is -0.643. The van der Waals surface area contributed by atoms with Gasteiger partial charge in [0.25, 0.3) is 0 Å². The van der Waals surface area contributed by atoms with Crippen molar-refractivity contribution in [2.45, 2.75) is 6.61 Å². The minimum atomic E-state index is -0.676. The van der Waals surface area contributed by atoms with Gasteiger partial charge in [0.15, 0.2) is 6.61 Å². The van der Waals surface area contributed by atoms with E-state index >= 15 is 0 Å². The van der Waals surface area contributed by atoms with Crippen LogP contribution in [0.25, 0.3) is 0 Å². The van der Waals surface area contributed by atoms with Gasteiger partial charge >= 0.3 is 5.97 Å². The van der Waals surface area contributed by atoms with Gasteiger partial charge in [-0.15, -0.1) is 0 Å². The van der Waals surface area contributed by atoms with Gasteiger partial charge in [-0.05, 0) is 30.3 Å². The Morgan fingerprint density at radius 2 is 1.86 bits per heavy atom. The summed E-state index contributed by atoms with van der Waals surface area (Å²) < 4.78 is 23.6. The Morgan fingerprint density at radius 3 is 2.55 bits per heavy atom. The molecule has 0 atom stereocenters. The van der Waals surface area contributed by atoms with Gasteiger partial charge in [0.1, 0.15) is 18.2 Å². The normalized spacial score (nSPS) is 10.4. The van der Waals surface area contributed by atoms with Crippen molar-refractivity contribution in [3.05, 3.63) is 62.8 Å². The average Bonchev–Trinajstić information content (AvgIpc) is 2.46. The maximum absolute atomic E-state index is 13.5. The molecule has 0 saturated heterocycles. The van der Waals surface area contributed by atoms with Crippen molar-refractivity contribution in [1.82, 2.24) is 0 Å². The second-order valence-electron chi connectivity index (χ2n) is 4.22. The molecule has 0 unspecified atom stereocenters. The first-order chi connectivity index (χ1) is 10.5. The fourth-order valence-corrected chi connectivity index (χ4v) is 2.27. The molecule has 0 saturated carbocycles. The Labute approximate surface area is 141 Å². The molecule has 2 aromatic carbocycles. The molecule has 116 valence electrons. The highest BCUT2D eigenvalue weighted by atomic mass is 35.5. The van der Waals surface area contributed by atoms with E-state index in [1.807, 2.05) is 0 Å². The highest BCUT2D eigenvalue weighted by Crippen LogP contribution is 2.27. The number of halogens is 4. The smallest absolute Gasteiger partial charge is 0.344 e. The minimum absolute atomic E-state index is 0.113. The van der Waals surface area contributed by atoms with Crippen LogP contribution in [0.3, 0.4) is 0 Å². The third-order valence-electron chi connectivity index (χ3n) is 2.68. The minimum Gasteiger partial charge on any atom is -0.480 e. The van der Waals surface area contributed by atoms with Crippen LogP contribution in [0.2, 0.25) is 15.1 Å². The molecule has 0 bridgehead atoms. The van der Waals surface area contributed by atoms with Crippen molar-refractivity contribution in [2.75, 3.05) is 6.61 Å². The molecule has 7 heteroatoms. The maximum Gasteiger partial charge on any atom is 0.344 e. The molecule has 0 N–H and O–H groups in total. The van der Waals surface area contributed by atoms with E-state index in [1.165, 1.54) is 30.3 Å². The zero-order chi connectivity index (χ0) is 16.1. The van der Waals surface area contributed by atoms with Gasteiger partial charge in [-0.25, -0.2) is 9.18 Å². The number of hydrogen-bond acceptors (Lipinski definition) is 3. The van der Waals surface area contributed by atoms with Gasteiger partial charge in [-0.1, -0.05) is 40.9 Å². The zero-order valence-corrected chi connectivity index (χ0v) is 13.4. The van der Waals surface area contributed by atoms with E-state index < -0.39 is 11.8 Å². The van der Waals surface area contributed by atoms with Gasteiger partial charge in [-0.3, -0.25) is 0 Å². The molecule has 0 heterocycles. The van der Waals surface area contributed by atoms with Crippen molar-refractivity contribution < 1.29 is 18.7 Å². The van der Waals surface area contributed by atoms with E-state index in [4.69, 9.17) is 44.3 Å². The molecule has 2 rings (SSSR count). The van der Waals surface area contributed by atoms with Crippen LogP contribution in [0.15, 0.2) is 36.4 Å². The van der Waals surface area contributed by atoms with Crippen LogP contribution in [-0.2, 0) is 16.1 Å². The first-order valence-electron chi connectivity index (χ1n) is 6.13. The number of benzene rings is 2. The van der Waals surface area contributed by atoms with E-state index in [0.29, 0.717) is 10.8 Å². The highest BCUT2D eigenvalue weighted by Gasteiger charge is 2.11. The van der Waals surface area contributed by atoms with Crippen LogP contribution in [0.5, 0.6) is 5.75 Å². The van der Waals surface area contributed by atoms with E-state index in [-0.39, 0.29) is 28.8 Å². The average molecular weight is 364 g/mol. The number of rotatable bonds is 5. The third kappa shape index (κ3) is 4.50. The van der Waals surface area contributed by atoms with Crippen LogP contribution >= 0.6 is 34.8 Å². The molecule has 0 aliphatic heterocycles. The number of hydrogen-bond donors (Lipinski definition) is 0. The Bertz CT molecular complexity index is 671. The molecule has 0 radical (unpaired) electrons. The fraction of sp³-hybridized carbons (Fsp3) is 0.133. The lowest BCUT2D eigenvalue weighted by atomic mass is 10.2. The summed E-state index contributed by atoms with van der Waals surface area (Å²) in [5, 5.41) is 0.918. The Kier molecular flexibility index (Phi) is 5.89. The highest BCUT2D eigenvalue weighted by molar-refractivity contribution is 6.35. The molecule has 0 amide bonds. The molecule has 0 aliphatic rings. The van der Waals surface area contributed by atoms with Crippen molar-refractivity contribution in [1.29, 1.82) is 0 Å².